The average Bonchev–Trinajstić information content (AvgIpc) is 2.68. The van der Waals surface area contributed by atoms with Gasteiger partial charge in [0.1, 0.15) is 0 Å². The predicted molar refractivity (Wildman–Crippen MR) is 63.3 cm³/mol. The smallest absolute Gasteiger partial charge is 0.0458 e. The van der Waals surface area contributed by atoms with Gasteiger partial charge in [0.2, 0.25) is 0 Å². The van der Waals surface area contributed by atoms with Crippen LogP contribution < -0.4 is 0 Å². The average molecular weight is 212 g/mol. The molecule has 16 heavy (non-hydrogen) atoms. The number of aromatic nitrogens is 1. The maximum atomic E-state index is 8.48. The largest absolute Gasteiger partial charge is 0.358 e. The molecular formula is C12H12N4. The second-order valence-corrected chi connectivity index (χ2v) is 4.23. The molecule has 0 saturated carbocycles. The Hall–Kier alpha value is -1.93. The topological polar surface area (TPSA) is 64.6 Å². The number of rotatable bonds is 1. The lowest BCUT2D eigenvalue weighted by Crippen LogP contribution is -2.15. The molecule has 0 saturated heterocycles. The van der Waals surface area contributed by atoms with Crippen LogP contribution in [0.25, 0.3) is 21.3 Å². The molecule has 1 aliphatic carbocycles. The summed E-state index contributed by atoms with van der Waals surface area (Å²) in [5, 5.41) is 5.11. The lowest BCUT2D eigenvalue weighted by Gasteiger charge is -2.17. The maximum Gasteiger partial charge on any atom is 0.0458 e. The van der Waals surface area contributed by atoms with Crippen LogP contribution in [0.4, 0.5) is 0 Å². The molecule has 0 bridgehead atoms. The van der Waals surface area contributed by atoms with Crippen molar-refractivity contribution < 1.29 is 0 Å². The quantitative estimate of drug-likeness (QED) is 0.428. The number of H-pyrrole nitrogens is 1. The monoisotopic (exact) mass is 212 g/mol. The van der Waals surface area contributed by atoms with E-state index >= 15 is 0 Å². The summed E-state index contributed by atoms with van der Waals surface area (Å²) in [5.74, 6) is 0. The van der Waals surface area contributed by atoms with E-state index in [1.807, 2.05) is 12.1 Å². The summed E-state index contributed by atoms with van der Waals surface area (Å²) in [7, 11) is 0. The second-order valence-electron chi connectivity index (χ2n) is 4.23. The Bertz CT molecular complexity index is 578. The first-order chi connectivity index (χ1) is 7.88. The van der Waals surface area contributed by atoms with Crippen molar-refractivity contribution in [2.75, 3.05) is 0 Å². The van der Waals surface area contributed by atoms with Crippen LogP contribution in [0.1, 0.15) is 17.7 Å². The summed E-state index contributed by atoms with van der Waals surface area (Å²) >= 11 is 0. The molecule has 0 radical (unpaired) electrons. The Morgan fingerprint density at radius 2 is 2.25 bits per heavy atom. The Morgan fingerprint density at radius 3 is 3.12 bits per heavy atom. The molecule has 1 heterocycles. The van der Waals surface area contributed by atoms with E-state index in [0.29, 0.717) is 0 Å². The van der Waals surface area contributed by atoms with Crippen molar-refractivity contribution in [3.05, 3.63) is 46.0 Å². The Morgan fingerprint density at radius 1 is 1.38 bits per heavy atom. The van der Waals surface area contributed by atoms with Gasteiger partial charge < -0.3 is 4.98 Å². The van der Waals surface area contributed by atoms with Gasteiger partial charge in [-0.05, 0) is 36.4 Å². The van der Waals surface area contributed by atoms with Crippen molar-refractivity contribution in [2.45, 2.75) is 25.3 Å². The molecule has 0 spiro atoms. The van der Waals surface area contributed by atoms with Crippen molar-refractivity contribution >= 4 is 10.9 Å². The zero-order chi connectivity index (χ0) is 11.0. The van der Waals surface area contributed by atoms with Crippen molar-refractivity contribution in [3.63, 3.8) is 0 Å². The molecule has 1 N–H and O–H groups in total. The number of azide groups is 1. The fraction of sp³-hybridized carbons (Fsp3) is 0.333. The highest BCUT2D eigenvalue weighted by molar-refractivity contribution is 5.84. The van der Waals surface area contributed by atoms with E-state index in [4.69, 9.17) is 5.53 Å². The zero-order valence-electron chi connectivity index (χ0n) is 8.85. The highest BCUT2D eigenvalue weighted by Crippen LogP contribution is 2.30. The summed E-state index contributed by atoms with van der Waals surface area (Å²) in [6.07, 6.45) is 2.79. The summed E-state index contributed by atoms with van der Waals surface area (Å²) in [6, 6.07) is 8.43. The molecule has 1 unspecified atom stereocenters. The summed E-state index contributed by atoms with van der Waals surface area (Å²) in [6.45, 7) is 0. The van der Waals surface area contributed by atoms with E-state index in [2.05, 4.69) is 27.1 Å². The Kier molecular flexibility index (Phi) is 2.08. The zero-order valence-corrected chi connectivity index (χ0v) is 8.85. The molecular weight excluding hydrogens is 200 g/mol. The van der Waals surface area contributed by atoms with Gasteiger partial charge in [0.25, 0.3) is 0 Å². The van der Waals surface area contributed by atoms with Gasteiger partial charge in [0.15, 0.2) is 0 Å². The number of nitrogens with zero attached hydrogens (tertiary/aromatic N) is 3. The van der Waals surface area contributed by atoms with Gasteiger partial charge >= 0.3 is 0 Å². The van der Waals surface area contributed by atoms with Crippen molar-refractivity contribution in [1.82, 2.24) is 4.98 Å². The van der Waals surface area contributed by atoms with Crippen LogP contribution in [-0.4, -0.2) is 11.0 Å². The lowest BCUT2D eigenvalue weighted by atomic mass is 9.92. The highest BCUT2D eigenvalue weighted by atomic mass is 15.1. The van der Waals surface area contributed by atoms with Gasteiger partial charge in [-0.1, -0.05) is 23.3 Å². The second kappa shape index (κ2) is 3.58. The Labute approximate surface area is 92.9 Å². The molecule has 1 aromatic carbocycles. The van der Waals surface area contributed by atoms with E-state index in [9.17, 15) is 0 Å². The van der Waals surface area contributed by atoms with Crippen LogP contribution in [-0.2, 0) is 12.8 Å². The third-order valence-corrected chi connectivity index (χ3v) is 3.28. The molecule has 4 nitrogen and oxygen atoms in total. The molecule has 4 heteroatoms. The van der Waals surface area contributed by atoms with Crippen LogP contribution >= 0.6 is 0 Å². The third-order valence-electron chi connectivity index (χ3n) is 3.28. The SMILES string of the molecule is [N-]=[N+]=NC1CCc2[nH]c3ccccc3c2C1. The molecule has 3 rings (SSSR count). The number of aryl methyl sites for hydroxylation is 1. The van der Waals surface area contributed by atoms with Crippen molar-refractivity contribution in [2.24, 2.45) is 5.11 Å². The van der Waals surface area contributed by atoms with Crippen LogP contribution in [0.15, 0.2) is 29.4 Å². The number of fused-ring (bicyclic) bond motifs is 3. The molecule has 0 fully saturated rings. The molecule has 1 aromatic heterocycles. The fourth-order valence-corrected chi connectivity index (χ4v) is 2.52. The number of nitrogens with one attached hydrogen (secondary N) is 1. The summed E-state index contributed by atoms with van der Waals surface area (Å²) in [4.78, 5) is 6.36. The van der Waals surface area contributed by atoms with Crippen LogP contribution in [0.3, 0.4) is 0 Å². The number of hydrogen-bond acceptors (Lipinski definition) is 1. The van der Waals surface area contributed by atoms with Crippen molar-refractivity contribution in [1.29, 1.82) is 0 Å². The number of hydrogen-bond donors (Lipinski definition) is 1. The lowest BCUT2D eigenvalue weighted by molar-refractivity contribution is 0.571. The van der Waals surface area contributed by atoms with Gasteiger partial charge in [0, 0.05) is 27.6 Å². The third kappa shape index (κ3) is 1.35. The van der Waals surface area contributed by atoms with Gasteiger partial charge in [-0.25, -0.2) is 0 Å². The van der Waals surface area contributed by atoms with Gasteiger partial charge in [-0.15, -0.1) is 0 Å². The van der Waals surface area contributed by atoms with E-state index in [0.717, 1.165) is 19.3 Å². The van der Waals surface area contributed by atoms with E-state index in [-0.39, 0.29) is 6.04 Å². The molecule has 0 aliphatic heterocycles. The molecule has 1 aliphatic rings. The van der Waals surface area contributed by atoms with Crippen LogP contribution in [0, 0.1) is 0 Å². The molecule has 1 atom stereocenters. The minimum absolute atomic E-state index is 0.122. The van der Waals surface area contributed by atoms with Gasteiger partial charge in [0.05, 0.1) is 0 Å². The molecule has 0 amide bonds. The van der Waals surface area contributed by atoms with Crippen LogP contribution in [0.5, 0.6) is 0 Å². The predicted octanol–water partition coefficient (Wildman–Crippen LogP) is 3.34. The minimum Gasteiger partial charge on any atom is -0.358 e. The number of aromatic amines is 1. The van der Waals surface area contributed by atoms with E-state index in [1.54, 1.807) is 0 Å². The van der Waals surface area contributed by atoms with E-state index in [1.165, 1.54) is 22.2 Å². The van der Waals surface area contributed by atoms with Crippen LogP contribution in [0.2, 0.25) is 0 Å². The maximum absolute atomic E-state index is 8.48. The number of benzene rings is 1. The highest BCUT2D eigenvalue weighted by Gasteiger charge is 2.21. The fourth-order valence-electron chi connectivity index (χ4n) is 2.52. The number of para-hydroxylation sites is 1. The minimum atomic E-state index is 0.122. The first-order valence-electron chi connectivity index (χ1n) is 5.51. The summed E-state index contributed by atoms with van der Waals surface area (Å²) in [5.41, 5.74) is 12.3. The Balaban J connectivity index is 2.11. The van der Waals surface area contributed by atoms with E-state index < -0.39 is 0 Å². The van der Waals surface area contributed by atoms with Gasteiger partial charge in [-0.2, -0.15) is 0 Å². The van der Waals surface area contributed by atoms with Crippen molar-refractivity contribution in [3.8, 4) is 0 Å². The summed E-state index contributed by atoms with van der Waals surface area (Å²) < 4.78 is 0. The molecule has 2 aromatic rings. The van der Waals surface area contributed by atoms with Gasteiger partial charge in [-0.3, -0.25) is 0 Å². The molecule has 80 valence electrons. The first-order valence-corrected chi connectivity index (χ1v) is 5.51. The standard InChI is InChI=1S/C12H12N4/c13-16-15-8-5-6-12-10(7-8)9-3-1-2-4-11(9)14-12/h1-4,8,14H,5-7H2. The normalized spacial score (nSPS) is 19.1. The first kappa shape index (κ1) is 9.31.